The fourth-order valence-corrected chi connectivity index (χ4v) is 2.27. The van der Waals surface area contributed by atoms with E-state index in [2.05, 4.69) is 6.58 Å². The summed E-state index contributed by atoms with van der Waals surface area (Å²) in [4.78, 5) is 11.9. The molecule has 0 spiro atoms. The number of benzene rings is 2. The van der Waals surface area contributed by atoms with Crippen LogP contribution in [0.4, 0.5) is 4.79 Å². The summed E-state index contributed by atoms with van der Waals surface area (Å²) < 4.78 is 10.5. The Bertz CT molecular complexity index is 685. The summed E-state index contributed by atoms with van der Waals surface area (Å²) in [5.41, 5.74) is 2.90. The lowest BCUT2D eigenvalue weighted by molar-refractivity contribution is 0.0268. The molecule has 0 heterocycles. The van der Waals surface area contributed by atoms with Gasteiger partial charge in [-0.25, -0.2) is 4.79 Å². The lowest BCUT2D eigenvalue weighted by Crippen LogP contribution is -2.16. The number of carbonyl (C=O) groups excluding carboxylic acids is 1. The van der Waals surface area contributed by atoms with E-state index in [1.165, 1.54) is 6.26 Å². The van der Waals surface area contributed by atoms with Crippen molar-refractivity contribution in [3.8, 4) is 0 Å². The summed E-state index contributed by atoms with van der Waals surface area (Å²) in [6.45, 7) is 7.73. The predicted molar refractivity (Wildman–Crippen MR) is 97.2 cm³/mol. The zero-order valence-corrected chi connectivity index (χ0v) is 14.0. The standard InChI is InChI=1S/C21H22O3/c1-4-17-10-12-19(13-11-17)20(16(2)3)24-21(22)23-15-14-18-8-6-5-7-9-18/h4-16,20H,1H2,2-3H3. The van der Waals surface area contributed by atoms with E-state index in [-0.39, 0.29) is 12.0 Å². The second kappa shape index (κ2) is 8.73. The first-order chi connectivity index (χ1) is 11.6. The zero-order valence-electron chi connectivity index (χ0n) is 14.0. The fourth-order valence-electron chi connectivity index (χ4n) is 2.27. The Morgan fingerprint density at radius 1 is 1.00 bits per heavy atom. The molecule has 2 rings (SSSR count). The van der Waals surface area contributed by atoms with Gasteiger partial charge in [0.05, 0.1) is 6.26 Å². The maximum Gasteiger partial charge on any atom is 0.513 e. The highest BCUT2D eigenvalue weighted by Crippen LogP contribution is 2.26. The van der Waals surface area contributed by atoms with Gasteiger partial charge in [0.2, 0.25) is 0 Å². The van der Waals surface area contributed by atoms with Crippen molar-refractivity contribution in [3.05, 3.63) is 84.1 Å². The van der Waals surface area contributed by atoms with Gasteiger partial charge in [-0.2, -0.15) is 0 Å². The SMILES string of the molecule is C=Cc1ccc(C(OC(=O)OC=Cc2ccccc2)C(C)C)cc1. The largest absolute Gasteiger partial charge is 0.513 e. The van der Waals surface area contributed by atoms with E-state index in [0.29, 0.717) is 0 Å². The van der Waals surface area contributed by atoms with Gasteiger partial charge in [0.15, 0.2) is 0 Å². The highest BCUT2D eigenvalue weighted by Gasteiger charge is 2.21. The van der Waals surface area contributed by atoms with Crippen molar-refractivity contribution in [2.24, 2.45) is 5.92 Å². The van der Waals surface area contributed by atoms with Crippen LogP contribution in [0.25, 0.3) is 12.2 Å². The van der Waals surface area contributed by atoms with Crippen molar-refractivity contribution in [1.82, 2.24) is 0 Å². The van der Waals surface area contributed by atoms with E-state index in [9.17, 15) is 4.79 Å². The van der Waals surface area contributed by atoms with E-state index in [1.54, 1.807) is 12.2 Å². The molecule has 24 heavy (non-hydrogen) atoms. The molecule has 0 aromatic heterocycles. The Hall–Kier alpha value is -2.81. The number of hydrogen-bond acceptors (Lipinski definition) is 3. The molecule has 1 unspecified atom stereocenters. The van der Waals surface area contributed by atoms with Crippen LogP contribution >= 0.6 is 0 Å². The average molecular weight is 322 g/mol. The van der Waals surface area contributed by atoms with Crippen LogP contribution in [-0.2, 0) is 9.47 Å². The minimum absolute atomic E-state index is 0.130. The van der Waals surface area contributed by atoms with E-state index in [4.69, 9.17) is 9.47 Å². The van der Waals surface area contributed by atoms with E-state index in [0.717, 1.165) is 16.7 Å². The van der Waals surface area contributed by atoms with Crippen molar-refractivity contribution in [2.75, 3.05) is 0 Å². The van der Waals surface area contributed by atoms with Crippen LogP contribution in [0.1, 0.15) is 36.6 Å². The van der Waals surface area contributed by atoms with Gasteiger partial charge >= 0.3 is 6.16 Å². The van der Waals surface area contributed by atoms with Crippen LogP contribution in [0, 0.1) is 5.92 Å². The second-order valence-corrected chi connectivity index (χ2v) is 5.73. The molecule has 0 radical (unpaired) electrons. The molecular formula is C21H22O3. The number of ether oxygens (including phenoxy) is 2. The predicted octanol–water partition coefficient (Wildman–Crippen LogP) is 5.85. The molecule has 0 aliphatic heterocycles. The maximum atomic E-state index is 11.9. The Morgan fingerprint density at radius 3 is 2.25 bits per heavy atom. The first kappa shape index (κ1) is 17.5. The third-order valence-corrected chi connectivity index (χ3v) is 3.55. The molecule has 3 nitrogen and oxygen atoms in total. The number of rotatable bonds is 6. The first-order valence-corrected chi connectivity index (χ1v) is 7.91. The van der Waals surface area contributed by atoms with Crippen molar-refractivity contribution in [2.45, 2.75) is 20.0 Å². The third kappa shape index (κ3) is 5.13. The molecule has 0 amide bonds. The molecule has 3 heteroatoms. The maximum absolute atomic E-state index is 11.9. The topological polar surface area (TPSA) is 35.5 Å². The molecule has 0 N–H and O–H groups in total. The molecular weight excluding hydrogens is 300 g/mol. The van der Waals surface area contributed by atoms with Gasteiger partial charge in [-0.05, 0) is 28.7 Å². The lowest BCUT2D eigenvalue weighted by atomic mass is 9.98. The van der Waals surface area contributed by atoms with Gasteiger partial charge in [-0.15, -0.1) is 0 Å². The van der Waals surface area contributed by atoms with Crippen LogP contribution in [-0.4, -0.2) is 6.16 Å². The van der Waals surface area contributed by atoms with Crippen LogP contribution in [0.3, 0.4) is 0 Å². The molecule has 2 aromatic rings. The molecule has 0 saturated heterocycles. The number of hydrogen-bond donors (Lipinski definition) is 0. The third-order valence-electron chi connectivity index (χ3n) is 3.55. The van der Waals surface area contributed by atoms with Gasteiger partial charge < -0.3 is 9.47 Å². The highest BCUT2D eigenvalue weighted by atomic mass is 16.7. The van der Waals surface area contributed by atoms with Crippen molar-refractivity contribution >= 4 is 18.3 Å². The highest BCUT2D eigenvalue weighted by molar-refractivity contribution is 5.62. The van der Waals surface area contributed by atoms with Gasteiger partial charge in [0, 0.05) is 0 Å². The minimum Gasteiger partial charge on any atom is -0.426 e. The Labute approximate surface area is 143 Å². The summed E-state index contributed by atoms with van der Waals surface area (Å²) in [7, 11) is 0. The van der Waals surface area contributed by atoms with Crippen LogP contribution in [0.2, 0.25) is 0 Å². The summed E-state index contributed by atoms with van der Waals surface area (Å²) in [6.07, 6.45) is 3.76. The van der Waals surface area contributed by atoms with Crippen molar-refractivity contribution in [1.29, 1.82) is 0 Å². The second-order valence-electron chi connectivity index (χ2n) is 5.73. The van der Waals surface area contributed by atoms with Gasteiger partial charge in [-0.1, -0.05) is 81.1 Å². The van der Waals surface area contributed by atoms with Crippen LogP contribution < -0.4 is 0 Å². The monoisotopic (exact) mass is 322 g/mol. The molecule has 0 saturated carbocycles. The minimum atomic E-state index is -0.714. The quantitative estimate of drug-likeness (QED) is 0.494. The molecule has 0 aliphatic rings. The molecule has 2 aromatic carbocycles. The molecule has 0 aliphatic carbocycles. The fraction of sp³-hybridized carbons (Fsp3) is 0.190. The van der Waals surface area contributed by atoms with Crippen LogP contribution in [0.15, 0.2) is 67.4 Å². The number of carbonyl (C=O) groups is 1. The van der Waals surface area contributed by atoms with E-state index >= 15 is 0 Å². The summed E-state index contributed by atoms with van der Waals surface area (Å²) in [6, 6.07) is 17.4. The van der Waals surface area contributed by atoms with Gasteiger partial charge in [0.25, 0.3) is 0 Å². The molecule has 0 bridgehead atoms. The Morgan fingerprint density at radius 2 is 1.67 bits per heavy atom. The van der Waals surface area contributed by atoms with Crippen molar-refractivity contribution in [3.63, 3.8) is 0 Å². The molecule has 0 fully saturated rings. The zero-order chi connectivity index (χ0) is 17.4. The Kier molecular flexibility index (Phi) is 6.38. The Balaban J connectivity index is 1.97. The lowest BCUT2D eigenvalue weighted by Gasteiger charge is -2.21. The summed E-state index contributed by atoms with van der Waals surface area (Å²) in [5.74, 6) is 0.130. The molecule has 124 valence electrons. The normalized spacial score (nSPS) is 12.1. The van der Waals surface area contributed by atoms with Crippen LogP contribution in [0.5, 0.6) is 0 Å². The van der Waals surface area contributed by atoms with E-state index < -0.39 is 6.16 Å². The van der Waals surface area contributed by atoms with Gasteiger partial charge in [0.1, 0.15) is 6.10 Å². The smallest absolute Gasteiger partial charge is 0.426 e. The first-order valence-electron chi connectivity index (χ1n) is 7.91. The van der Waals surface area contributed by atoms with E-state index in [1.807, 2.05) is 68.4 Å². The summed E-state index contributed by atoms with van der Waals surface area (Å²) in [5, 5.41) is 0. The summed E-state index contributed by atoms with van der Waals surface area (Å²) >= 11 is 0. The molecule has 1 atom stereocenters. The average Bonchev–Trinajstić information content (AvgIpc) is 2.60. The van der Waals surface area contributed by atoms with Crippen molar-refractivity contribution < 1.29 is 14.3 Å². The van der Waals surface area contributed by atoms with Gasteiger partial charge in [-0.3, -0.25) is 0 Å².